The van der Waals surface area contributed by atoms with Gasteiger partial charge in [0, 0.05) is 22.8 Å². The van der Waals surface area contributed by atoms with Gasteiger partial charge in [-0.15, -0.1) is 0 Å². The van der Waals surface area contributed by atoms with E-state index in [4.69, 9.17) is 4.42 Å². The van der Waals surface area contributed by atoms with Gasteiger partial charge in [-0.05, 0) is 48.5 Å². The lowest BCUT2D eigenvalue weighted by molar-refractivity contribution is 0.102. The Bertz CT molecular complexity index is 1270. The Balaban J connectivity index is 1.40. The van der Waals surface area contributed by atoms with E-state index in [0.29, 0.717) is 17.1 Å². The highest BCUT2D eigenvalue weighted by atomic mass is 16.3. The third kappa shape index (κ3) is 2.89. The standard InChI is InChI=1S/C23H15N3O2/c27-22(18-13-14-24-19-6-2-1-5-17(18)19)25-16-11-9-15(10-12-16)23-26-20-7-3-4-8-21(20)28-23/h1-14H,(H,25,27). The van der Waals surface area contributed by atoms with Gasteiger partial charge in [0.1, 0.15) is 5.52 Å². The lowest BCUT2D eigenvalue weighted by Gasteiger charge is -2.08. The molecule has 0 atom stereocenters. The van der Waals surface area contributed by atoms with Crippen molar-refractivity contribution >= 4 is 33.6 Å². The zero-order valence-corrected chi connectivity index (χ0v) is 14.8. The summed E-state index contributed by atoms with van der Waals surface area (Å²) in [6.07, 6.45) is 1.65. The second kappa shape index (κ2) is 6.63. The molecule has 0 aliphatic rings. The van der Waals surface area contributed by atoms with Gasteiger partial charge in [0.25, 0.3) is 5.91 Å². The van der Waals surface area contributed by atoms with Crippen molar-refractivity contribution in [2.45, 2.75) is 0 Å². The summed E-state index contributed by atoms with van der Waals surface area (Å²) in [5.74, 6) is 0.382. The van der Waals surface area contributed by atoms with E-state index in [1.54, 1.807) is 12.3 Å². The summed E-state index contributed by atoms with van der Waals surface area (Å²) in [6.45, 7) is 0. The number of amides is 1. The van der Waals surface area contributed by atoms with Gasteiger partial charge in [-0.2, -0.15) is 0 Å². The predicted octanol–water partition coefficient (Wildman–Crippen LogP) is 5.30. The third-order valence-corrected chi connectivity index (χ3v) is 4.58. The van der Waals surface area contributed by atoms with E-state index in [0.717, 1.165) is 27.6 Å². The molecule has 3 aromatic carbocycles. The van der Waals surface area contributed by atoms with Gasteiger partial charge >= 0.3 is 0 Å². The number of para-hydroxylation sites is 3. The summed E-state index contributed by atoms with van der Waals surface area (Å²) in [5.41, 5.74) is 4.50. The van der Waals surface area contributed by atoms with Crippen LogP contribution in [-0.4, -0.2) is 15.9 Å². The number of nitrogens with one attached hydrogen (secondary N) is 1. The van der Waals surface area contributed by atoms with Gasteiger partial charge in [0.05, 0.1) is 11.1 Å². The number of hydrogen-bond donors (Lipinski definition) is 1. The summed E-state index contributed by atoms with van der Waals surface area (Å²) in [5, 5.41) is 3.76. The quantitative estimate of drug-likeness (QED) is 0.471. The Morgan fingerprint density at radius 2 is 1.57 bits per heavy atom. The maximum Gasteiger partial charge on any atom is 0.256 e. The zero-order chi connectivity index (χ0) is 18.9. The van der Waals surface area contributed by atoms with Crippen molar-refractivity contribution in [3.05, 3.63) is 90.6 Å². The van der Waals surface area contributed by atoms with Crippen LogP contribution in [0, 0.1) is 0 Å². The lowest BCUT2D eigenvalue weighted by Crippen LogP contribution is -2.12. The largest absolute Gasteiger partial charge is 0.436 e. The van der Waals surface area contributed by atoms with Crippen LogP contribution in [0.25, 0.3) is 33.5 Å². The van der Waals surface area contributed by atoms with Gasteiger partial charge in [-0.25, -0.2) is 4.98 Å². The summed E-state index contributed by atoms with van der Waals surface area (Å²) in [4.78, 5) is 21.5. The molecule has 0 saturated carbocycles. The molecule has 0 aliphatic heterocycles. The number of rotatable bonds is 3. The number of anilines is 1. The maximum atomic E-state index is 12.7. The molecule has 0 aliphatic carbocycles. The molecule has 2 heterocycles. The Morgan fingerprint density at radius 1 is 0.821 bits per heavy atom. The van der Waals surface area contributed by atoms with E-state index in [9.17, 15) is 4.79 Å². The van der Waals surface area contributed by atoms with E-state index in [2.05, 4.69) is 15.3 Å². The second-order valence-electron chi connectivity index (χ2n) is 6.39. The van der Waals surface area contributed by atoms with Gasteiger partial charge < -0.3 is 9.73 Å². The molecular formula is C23H15N3O2. The summed E-state index contributed by atoms with van der Waals surface area (Å²) < 4.78 is 5.79. The molecule has 1 amide bonds. The monoisotopic (exact) mass is 365 g/mol. The normalized spacial score (nSPS) is 11.0. The van der Waals surface area contributed by atoms with Gasteiger partial charge in [0.15, 0.2) is 5.58 Å². The van der Waals surface area contributed by atoms with Crippen LogP contribution in [0.2, 0.25) is 0 Å². The Kier molecular flexibility index (Phi) is 3.84. The minimum atomic E-state index is -0.173. The number of pyridine rings is 1. The topological polar surface area (TPSA) is 68.0 Å². The van der Waals surface area contributed by atoms with E-state index >= 15 is 0 Å². The fourth-order valence-corrected chi connectivity index (χ4v) is 3.18. The smallest absolute Gasteiger partial charge is 0.256 e. The van der Waals surface area contributed by atoms with E-state index in [1.807, 2.05) is 72.8 Å². The molecule has 0 radical (unpaired) electrons. The molecule has 2 aromatic heterocycles. The maximum absolute atomic E-state index is 12.7. The van der Waals surface area contributed by atoms with Crippen LogP contribution in [0.4, 0.5) is 5.69 Å². The highest BCUT2D eigenvalue weighted by molar-refractivity contribution is 6.12. The molecule has 1 N–H and O–H groups in total. The molecular weight excluding hydrogens is 350 g/mol. The molecule has 0 saturated heterocycles. The second-order valence-corrected chi connectivity index (χ2v) is 6.39. The van der Waals surface area contributed by atoms with Crippen LogP contribution in [0.3, 0.4) is 0 Å². The molecule has 0 unspecified atom stereocenters. The van der Waals surface area contributed by atoms with Crippen LogP contribution in [0.1, 0.15) is 10.4 Å². The minimum Gasteiger partial charge on any atom is -0.436 e. The first-order valence-corrected chi connectivity index (χ1v) is 8.89. The molecule has 0 fully saturated rings. The number of oxazole rings is 1. The Labute approximate surface area is 160 Å². The number of carbonyl (C=O) groups excluding carboxylic acids is 1. The summed E-state index contributed by atoms with van der Waals surface area (Å²) >= 11 is 0. The Morgan fingerprint density at radius 3 is 2.39 bits per heavy atom. The van der Waals surface area contributed by atoms with Gasteiger partial charge in [0.2, 0.25) is 5.89 Å². The molecule has 5 rings (SSSR count). The first-order valence-electron chi connectivity index (χ1n) is 8.89. The molecule has 0 bridgehead atoms. The highest BCUT2D eigenvalue weighted by Crippen LogP contribution is 2.25. The zero-order valence-electron chi connectivity index (χ0n) is 14.8. The number of nitrogens with zero attached hydrogens (tertiary/aromatic N) is 2. The van der Waals surface area contributed by atoms with Crippen molar-refractivity contribution in [1.82, 2.24) is 9.97 Å². The molecule has 5 nitrogen and oxygen atoms in total. The molecule has 0 spiro atoms. The lowest BCUT2D eigenvalue weighted by atomic mass is 10.1. The number of aromatic nitrogens is 2. The fourth-order valence-electron chi connectivity index (χ4n) is 3.18. The number of carbonyl (C=O) groups is 1. The molecule has 5 heteroatoms. The van der Waals surface area contributed by atoms with Crippen LogP contribution >= 0.6 is 0 Å². The molecule has 134 valence electrons. The molecule has 5 aromatic rings. The van der Waals surface area contributed by atoms with E-state index in [-0.39, 0.29) is 5.91 Å². The SMILES string of the molecule is O=C(Nc1ccc(-c2nc3ccccc3o2)cc1)c1ccnc2ccccc12. The van der Waals surface area contributed by atoms with Crippen molar-refractivity contribution in [2.75, 3.05) is 5.32 Å². The van der Waals surface area contributed by atoms with Crippen LogP contribution in [0.5, 0.6) is 0 Å². The van der Waals surface area contributed by atoms with Crippen LogP contribution < -0.4 is 5.32 Å². The van der Waals surface area contributed by atoms with Crippen molar-refractivity contribution in [2.24, 2.45) is 0 Å². The number of benzene rings is 3. The van der Waals surface area contributed by atoms with Crippen LogP contribution in [0.15, 0.2) is 89.5 Å². The summed E-state index contributed by atoms with van der Waals surface area (Å²) in [7, 11) is 0. The number of hydrogen-bond acceptors (Lipinski definition) is 4. The van der Waals surface area contributed by atoms with E-state index in [1.165, 1.54) is 0 Å². The van der Waals surface area contributed by atoms with Crippen molar-refractivity contribution in [3.63, 3.8) is 0 Å². The van der Waals surface area contributed by atoms with Gasteiger partial charge in [-0.1, -0.05) is 30.3 Å². The van der Waals surface area contributed by atoms with Crippen LogP contribution in [-0.2, 0) is 0 Å². The number of fused-ring (bicyclic) bond motifs is 2. The highest BCUT2D eigenvalue weighted by Gasteiger charge is 2.12. The molecule has 28 heavy (non-hydrogen) atoms. The fraction of sp³-hybridized carbons (Fsp3) is 0. The first kappa shape index (κ1) is 16.2. The first-order chi connectivity index (χ1) is 13.8. The third-order valence-electron chi connectivity index (χ3n) is 4.58. The summed E-state index contributed by atoms with van der Waals surface area (Å²) in [6, 6.07) is 24.4. The van der Waals surface area contributed by atoms with Crippen molar-refractivity contribution in [3.8, 4) is 11.5 Å². The Hall–Kier alpha value is -3.99. The average molecular weight is 365 g/mol. The van der Waals surface area contributed by atoms with Crippen molar-refractivity contribution in [1.29, 1.82) is 0 Å². The predicted molar refractivity (Wildman–Crippen MR) is 109 cm³/mol. The van der Waals surface area contributed by atoms with E-state index < -0.39 is 0 Å². The van der Waals surface area contributed by atoms with Gasteiger partial charge in [-0.3, -0.25) is 9.78 Å². The average Bonchev–Trinajstić information content (AvgIpc) is 3.18. The van der Waals surface area contributed by atoms with Crippen molar-refractivity contribution < 1.29 is 9.21 Å². The minimum absolute atomic E-state index is 0.173.